The van der Waals surface area contributed by atoms with Crippen LogP contribution in [0.15, 0.2) is 94.2 Å². The highest BCUT2D eigenvalue weighted by Gasteiger charge is 2.35. The number of benzene rings is 3. The van der Waals surface area contributed by atoms with Crippen LogP contribution in [0.1, 0.15) is 80.3 Å². The Morgan fingerprint density at radius 2 is 1.52 bits per heavy atom. The summed E-state index contributed by atoms with van der Waals surface area (Å²) >= 11 is 1.34. The molecular weight excluding hydrogens is 516 g/mol. The van der Waals surface area contributed by atoms with Crippen molar-refractivity contribution in [2.24, 2.45) is 4.99 Å². The van der Waals surface area contributed by atoms with Gasteiger partial charge in [0, 0.05) is 5.56 Å². The molecule has 3 aromatic carbocycles. The van der Waals surface area contributed by atoms with Gasteiger partial charge in [0.25, 0.3) is 5.56 Å². The van der Waals surface area contributed by atoms with Gasteiger partial charge in [0.2, 0.25) is 0 Å². The molecule has 0 spiro atoms. The number of esters is 1. The number of carbonyl (C=O) groups is 1. The summed E-state index contributed by atoms with van der Waals surface area (Å²) in [6.45, 7) is 10.6. The fourth-order valence-corrected chi connectivity index (χ4v) is 5.95. The molecule has 0 aliphatic carbocycles. The van der Waals surface area contributed by atoms with Crippen LogP contribution in [0, 0.1) is 0 Å². The highest BCUT2D eigenvalue weighted by molar-refractivity contribution is 7.07. The van der Waals surface area contributed by atoms with Crippen molar-refractivity contribution < 1.29 is 9.53 Å². The maximum absolute atomic E-state index is 14.0. The van der Waals surface area contributed by atoms with E-state index < -0.39 is 12.0 Å². The predicted octanol–water partition coefficient (Wildman–Crippen LogP) is 6.18. The topological polar surface area (TPSA) is 60.7 Å². The summed E-state index contributed by atoms with van der Waals surface area (Å²) in [5.41, 5.74) is 5.74. The Balaban J connectivity index is 1.77. The molecule has 0 saturated heterocycles. The average molecular weight is 551 g/mol. The van der Waals surface area contributed by atoms with Gasteiger partial charge in [0.15, 0.2) is 4.80 Å². The van der Waals surface area contributed by atoms with E-state index in [1.807, 2.05) is 60.7 Å². The van der Waals surface area contributed by atoms with E-state index in [4.69, 9.17) is 9.73 Å². The normalized spacial score (nSPS) is 15.4. The summed E-state index contributed by atoms with van der Waals surface area (Å²) < 4.78 is 7.78. The summed E-state index contributed by atoms with van der Waals surface area (Å²) in [6.07, 6.45) is 1.91. The smallest absolute Gasteiger partial charge is 0.338 e. The van der Waals surface area contributed by atoms with Crippen molar-refractivity contribution in [1.82, 2.24) is 4.57 Å². The van der Waals surface area contributed by atoms with E-state index in [1.165, 1.54) is 22.5 Å². The lowest BCUT2D eigenvalue weighted by Crippen LogP contribution is -2.40. The summed E-state index contributed by atoms with van der Waals surface area (Å²) in [5, 5.41) is 0. The van der Waals surface area contributed by atoms with Crippen LogP contribution in [0.5, 0.6) is 0 Å². The van der Waals surface area contributed by atoms with Gasteiger partial charge in [-0.15, -0.1) is 0 Å². The molecule has 0 N–H and O–H groups in total. The van der Waals surface area contributed by atoms with Crippen LogP contribution in [-0.4, -0.2) is 17.1 Å². The van der Waals surface area contributed by atoms with Crippen molar-refractivity contribution in [2.45, 2.75) is 52.5 Å². The van der Waals surface area contributed by atoms with Gasteiger partial charge in [-0.3, -0.25) is 9.36 Å². The van der Waals surface area contributed by atoms with Gasteiger partial charge in [-0.2, -0.15) is 0 Å². The van der Waals surface area contributed by atoms with Gasteiger partial charge in [0.1, 0.15) is 0 Å². The number of hydrogen-bond donors (Lipinski definition) is 0. The first-order valence-electron chi connectivity index (χ1n) is 13.8. The molecule has 1 aliphatic rings. The quantitative estimate of drug-likeness (QED) is 0.258. The first-order valence-corrected chi connectivity index (χ1v) is 14.6. The van der Waals surface area contributed by atoms with Gasteiger partial charge in [-0.25, -0.2) is 9.79 Å². The van der Waals surface area contributed by atoms with E-state index in [0.717, 1.165) is 16.7 Å². The lowest BCUT2D eigenvalue weighted by Gasteiger charge is -2.26. The molecule has 0 radical (unpaired) electrons. The molecule has 1 unspecified atom stereocenters. The largest absolute Gasteiger partial charge is 0.463 e. The van der Waals surface area contributed by atoms with Crippen molar-refractivity contribution in [2.75, 3.05) is 6.61 Å². The molecule has 0 fully saturated rings. The van der Waals surface area contributed by atoms with Crippen LogP contribution in [0.4, 0.5) is 0 Å². The summed E-state index contributed by atoms with van der Waals surface area (Å²) in [4.78, 5) is 33.1. The Labute approximate surface area is 238 Å². The van der Waals surface area contributed by atoms with E-state index in [0.29, 0.717) is 32.4 Å². The van der Waals surface area contributed by atoms with Crippen molar-refractivity contribution >= 4 is 29.1 Å². The van der Waals surface area contributed by atoms with Gasteiger partial charge in [-0.05, 0) is 47.1 Å². The first-order chi connectivity index (χ1) is 19.3. The molecule has 204 valence electrons. The maximum Gasteiger partial charge on any atom is 0.338 e. The number of nitrogens with zero attached hydrogens (tertiary/aromatic N) is 2. The molecule has 1 atom stereocenters. The van der Waals surface area contributed by atoms with Crippen molar-refractivity contribution in [1.29, 1.82) is 0 Å². The molecule has 2 heterocycles. The molecule has 5 nitrogen and oxygen atoms in total. The lowest BCUT2D eigenvalue weighted by atomic mass is 9.91. The number of fused-ring (bicyclic) bond motifs is 1. The molecule has 6 heteroatoms. The Morgan fingerprint density at radius 1 is 0.925 bits per heavy atom. The van der Waals surface area contributed by atoms with Gasteiger partial charge >= 0.3 is 5.97 Å². The van der Waals surface area contributed by atoms with Crippen LogP contribution in [0.2, 0.25) is 0 Å². The predicted molar refractivity (Wildman–Crippen MR) is 162 cm³/mol. The summed E-state index contributed by atoms with van der Waals surface area (Å²) in [5.74, 6) is 0.318. The average Bonchev–Trinajstić information content (AvgIpc) is 3.27. The van der Waals surface area contributed by atoms with Crippen molar-refractivity contribution in [3.05, 3.63) is 132 Å². The molecular formula is C34H34N2O3S. The van der Waals surface area contributed by atoms with Crippen molar-refractivity contribution in [3.63, 3.8) is 0 Å². The monoisotopic (exact) mass is 550 g/mol. The van der Waals surface area contributed by atoms with E-state index in [9.17, 15) is 9.59 Å². The van der Waals surface area contributed by atoms with Crippen LogP contribution in [-0.2, 0) is 9.53 Å². The minimum absolute atomic E-state index is 0.177. The van der Waals surface area contributed by atoms with E-state index >= 15 is 0 Å². The van der Waals surface area contributed by atoms with Gasteiger partial charge in [0.05, 0.1) is 28.5 Å². The molecule has 0 amide bonds. The Hall–Kier alpha value is -4.03. The molecule has 1 aromatic heterocycles. The minimum atomic E-state index is -0.669. The van der Waals surface area contributed by atoms with Gasteiger partial charge < -0.3 is 4.74 Å². The number of thiazole rings is 1. The van der Waals surface area contributed by atoms with E-state index in [-0.39, 0.29) is 12.2 Å². The SMILES string of the molecule is CCOC(=O)C1=C(c2ccccc2)N=c2s/c(=C\c3ccc(C(C)C)cc3)c(=O)n2C1c1ccc(C(C)C)cc1. The lowest BCUT2D eigenvalue weighted by molar-refractivity contribution is -0.138. The number of ether oxygens (including phenoxy) is 1. The zero-order chi connectivity index (χ0) is 28.4. The minimum Gasteiger partial charge on any atom is -0.463 e. The number of hydrogen-bond acceptors (Lipinski definition) is 5. The standard InChI is InChI=1S/C34H34N2O3S/c1-6-39-33(38)29-30(26-10-8-7-9-11-26)35-34-36(31(29)27-18-16-25(17-19-27)22(4)5)32(37)28(40-34)20-23-12-14-24(15-13-23)21(2)3/h7-22,31H,6H2,1-5H3/b28-20-. The maximum atomic E-state index is 14.0. The van der Waals surface area contributed by atoms with E-state index in [1.54, 1.807) is 11.5 Å². The van der Waals surface area contributed by atoms with Crippen LogP contribution in [0.3, 0.4) is 0 Å². The van der Waals surface area contributed by atoms with Crippen LogP contribution in [0.25, 0.3) is 11.8 Å². The van der Waals surface area contributed by atoms with Gasteiger partial charge in [-0.1, -0.05) is 118 Å². The Morgan fingerprint density at radius 3 is 2.10 bits per heavy atom. The molecule has 5 rings (SSSR count). The Bertz CT molecular complexity index is 1730. The molecule has 1 aliphatic heterocycles. The number of carbonyl (C=O) groups excluding carboxylic acids is 1. The van der Waals surface area contributed by atoms with Crippen LogP contribution >= 0.6 is 11.3 Å². The third kappa shape index (κ3) is 5.36. The highest BCUT2D eigenvalue weighted by Crippen LogP contribution is 2.35. The van der Waals surface area contributed by atoms with E-state index in [2.05, 4.69) is 52.0 Å². The zero-order valence-corrected chi connectivity index (χ0v) is 24.4. The number of aromatic nitrogens is 1. The van der Waals surface area contributed by atoms with Crippen molar-refractivity contribution in [3.8, 4) is 0 Å². The second-order valence-electron chi connectivity index (χ2n) is 10.6. The third-order valence-corrected chi connectivity index (χ3v) is 8.18. The fraction of sp³-hybridized carbons (Fsp3) is 0.265. The first kappa shape index (κ1) is 27.5. The molecule has 0 bridgehead atoms. The molecule has 40 heavy (non-hydrogen) atoms. The second-order valence-corrected chi connectivity index (χ2v) is 11.6. The second kappa shape index (κ2) is 11.6. The molecule has 0 saturated carbocycles. The van der Waals surface area contributed by atoms with Crippen LogP contribution < -0.4 is 14.9 Å². The number of rotatable bonds is 7. The zero-order valence-electron chi connectivity index (χ0n) is 23.5. The third-order valence-electron chi connectivity index (χ3n) is 7.19. The Kier molecular flexibility index (Phi) is 7.99. The summed E-state index contributed by atoms with van der Waals surface area (Å²) in [7, 11) is 0. The highest BCUT2D eigenvalue weighted by atomic mass is 32.1. The summed E-state index contributed by atoms with van der Waals surface area (Å²) in [6, 6.07) is 25.4. The fourth-order valence-electron chi connectivity index (χ4n) is 4.95. The molecule has 4 aromatic rings.